The highest BCUT2D eigenvalue weighted by Crippen LogP contribution is 2.30. The number of carbonyl (C=O) groups excluding carboxylic acids is 2. The summed E-state index contributed by atoms with van der Waals surface area (Å²) in [5, 5.41) is 13.9. The summed E-state index contributed by atoms with van der Waals surface area (Å²) in [6.45, 7) is 2.27. The van der Waals surface area contributed by atoms with Gasteiger partial charge in [-0.05, 0) is 18.6 Å². The number of aryl methyl sites for hydroxylation is 1. The second-order valence-electron chi connectivity index (χ2n) is 6.34. The van der Waals surface area contributed by atoms with Crippen LogP contribution >= 0.6 is 0 Å². The number of nitrogens with zero attached hydrogens (tertiary/aromatic N) is 2. The monoisotopic (exact) mass is 353 g/mol. The first-order chi connectivity index (χ1) is 12.5. The van der Waals surface area contributed by atoms with E-state index in [1.807, 2.05) is 30.3 Å². The molecule has 134 valence electrons. The molecule has 2 aromatic carbocycles. The van der Waals surface area contributed by atoms with Crippen molar-refractivity contribution in [2.75, 3.05) is 11.4 Å². The zero-order valence-corrected chi connectivity index (χ0v) is 14.3. The smallest absolute Gasteiger partial charge is 0.274 e. The number of amides is 2. The molecule has 2 aromatic rings. The summed E-state index contributed by atoms with van der Waals surface area (Å²) in [5.74, 6) is -0.860. The molecule has 0 aromatic heterocycles. The molecule has 0 unspecified atom stereocenters. The summed E-state index contributed by atoms with van der Waals surface area (Å²) in [6, 6.07) is 14.2. The Labute approximate surface area is 150 Å². The van der Waals surface area contributed by atoms with Crippen LogP contribution in [0.4, 0.5) is 11.4 Å². The molecule has 0 radical (unpaired) electrons. The minimum absolute atomic E-state index is 0.0349. The zero-order valence-electron chi connectivity index (χ0n) is 14.3. The van der Waals surface area contributed by atoms with Crippen LogP contribution < -0.4 is 10.2 Å². The van der Waals surface area contributed by atoms with Crippen LogP contribution in [0.15, 0.2) is 48.5 Å². The molecule has 1 atom stereocenters. The third-order valence-corrected chi connectivity index (χ3v) is 4.51. The number of nitro groups is 1. The first-order valence-corrected chi connectivity index (χ1v) is 8.32. The first kappa shape index (κ1) is 17.6. The first-order valence-electron chi connectivity index (χ1n) is 8.32. The van der Waals surface area contributed by atoms with Crippen molar-refractivity contribution in [3.8, 4) is 0 Å². The van der Waals surface area contributed by atoms with Crippen molar-refractivity contribution in [3.05, 3.63) is 69.8 Å². The van der Waals surface area contributed by atoms with E-state index in [2.05, 4.69) is 5.32 Å². The van der Waals surface area contributed by atoms with Crippen molar-refractivity contribution in [3.63, 3.8) is 0 Å². The average molecular weight is 353 g/mol. The summed E-state index contributed by atoms with van der Waals surface area (Å²) in [4.78, 5) is 36.8. The van der Waals surface area contributed by atoms with Crippen LogP contribution in [-0.2, 0) is 16.1 Å². The molecule has 1 aliphatic heterocycles. The van der Waals surface area contributed by atoms with Gasteiger partial charge in [0.1, 0.15) is 0 Å². The second kappa shape index (κ2) is 7.35. The number of nitro benzene ring substituents is 1. The maximum atomic E-state index is 12.4. The third-order valence-electron chi connectivity index (χ3n) is 4.51. The van der Waals surface area contributed by atoms with Gasteiger partial charge < -0.3 is 10.2 Å². The Balaban J connectivity index is 1.67. The lowest BCUT2D eigenvalue weighted by atomic mass is 10.1. The van der Waals surface area contributed by atoms with E-state index in [0.717, 1.165) is 5.56 Å². The molecule has 0 spiro atoms. The summed E-state index contributed by atoms with van der Waals surface area (Å²) in [5.41, 5.74) is 1.93. The Kier molecular flexibility index (Phi) is 4.97. The molecule has 0 aliphatic carbocycles. The molecular weight excluding hydrogens is 334 g/mol. The highest BCUT2D eigenvalue weighted by Gasteiger charge is 2.35. The standard InChI is InChI=1S/C19H19N3O4/c1-13-7-8-16(10-17(13)22(25)26)21-12-15(9-18(21)23)19(24)20-11-14-5-3-2-4-6-14/h2-8,10,15H,9,11-12H2,1H3,(H,20,24)/t15-/m1/s1. The van der Waals surface area contributed by atoms with E-state index in [9.17, 15) is 19.7 Å². The largest absolute Gasteiger partial charge is 0.352 e. The maximum absolute atomic E-state index is 12.4. The fourth-order valence-electron chi connectivity index (χ4n) is 3.02. The van der Waals surface area contributed by atoms with E-state index in [-0.39, 0.29) is 30.5 Å². The molecule has 1 heterocycles. The van der Waals surface area contributed by atoms with Gasteiger partial charge in [0.2, 0.25) is 11.8 Å². The van der Waals surface area contributed by atoms with Gasteiger partial charge in [0.15, 0.2) is 0 Å². The van der Waals surface area contributed by atoms with E-state index in [1.54, 1.807) is 19.1 Å². The fraction of sp³-hybridized carbons (Fsp3) is 0.263. The van der Waals surface area contributed by atoms with E-state index >= 15 is 0 Å². The number of benzene rings is 2. The third kappa shape index (κ3) is 3.72. The molecule has 1 aliphatic rings. The predicted molar refractivity (Wildman–Crippen MR) is 96.6 cm³/mol. The number of hydrogen-bond donors (Lipinski definition) is 1. The van der Waals surface area contributed by atoms with Crippen molar-refractivity contribution in [2.45, 2.75) is 19.9 Å². The van der Waals surface area contributed by atoms with Crippen LogP contribution in [-0.4, -0.2) is 23.3 Å². The van der Waals surface area contributed by atoms with Crippen LogP contribution in [0.1, 0.15) is 17.5 Å². The average Bonchev–Trinajstić information content (AvgIpc) is 3.02. The fourth-order valence-corrected chi connectivity index (χ4v) is 3.02. The van der Waals surface area contributed by atoms with Gasteiger partial charge in [0, 0.05) is 31.1 Å². The lowest BCUT2D eigenvalue weighted by Gasteiger charge is -2.17. The number of hydrogen-bond acceptors (Lipinski definition) is 4. The number of nitrogens with one attached hydrogen (secondary N) is 1. The van der Waals surface area contributed by atoms with Crippen molar-refractivity contribution >= 4 is 23.2 Å². The quantitative estimate of drug-likeness (QED) is 0.660. The van der Waals surface area contributed by atoms with Gasteiger partial charge in [-0.1, -0.05) is 36.4 Å². The molecule has 3 rings (SSSR count). The van der Waals surface area contributed by atoms with Gasteiger partial charge in [-0.25, -0.2) is 0 Å². The SMILES string of the molecule is Cc1ccc(N2C[C@H](C(=O)NCc3ccccc3)CC2=O)cc1[N+](=O)[O-]. The molecule has 1 N–H and O–H groups in total. The highest BCUT2D eigenvalue weighted by atomic mass is 16.6. The predicted octanol–water partition coefficient (Wildman–Crippen LogP) is 2.57. The normalized spacial score (nSPS) is 16.6. The molecule has 1 saturated heterocycles. The molecule has 26 heavy (non-hydrogen) atoms. The van der Waals surface area contributed by atoms with Crippen LogP contribution in [0.25, 0.3) is 0 Å². The molecule has 7 nitrogen and oxygen atoms in total. The van der Waals surface area contributed by atoms with E-state index in [0.29, 0.717) is 17.8 Å². The Morgan fingerprint density at radius 2 is 2.00 bits per heavy atom. The Bertz CT molecular complexity index is 851. The molecule has 7 heteroatoms. The Morgan fingerprint density at radius 3 is 2.69 bits per heavy atom. The summed E-state index contributed by atoms with van der Waals surface area (Å²) < 4.78 is 0. The van der Waals surface area contributed by atoms with E-state index in [4.69, 9.17) is 0 Å². The Hall–Kier alpha value is -3.22. The van der Waals surface area contributed by atoms with Crippen molar-refractivity contribution < 1.29 is 14.5 Å². The summed E-state index contributed by atoms with van der Waals surface area (Å²) in [6.07, 6.45) is 0.0995. The van der Waals surface area contributed by atoms with Crippen LogP contribution in [0.5, 0.6) is 0 Å². The van der Waals surface area contributed by atoms with E-state index in [1.165, 1.54) is 11.0 Å². The molecule has 0 saturated carbocycles. The maximum Gasteiger partial charge on any atom is 0.274 e. The summed E-state index contributed by atoms with van der Waals surface area (Å²) in [7, 11) is 0. The number of anilines is 1. The highest BCUT2D eigenvalue weighted by molar-refractivity contribution is 6.00. The Morgan fingerprint density at radius 1 is 1.27 bits per heavy atom. The topological polar surface area (TPSA) is 92.6 Å². The van der Waals surface area contributed by atoms with Crippen molar-refractivity contribution in [1.82, 2.24) is 5.32 Å². The second-order valence-corrected chi connectivity index (χ2v) is 6.34. The van der Waals surface area contributed by atoms with Crippen molar-refractivity contribution in [1.29, 1.82) is 0 Å². The van der Waals surface area contributed by atoms with E-state index < -0.39 is 10.8 Å². The molecule has 0 bridgehead atoms. The number of carbonyl (C=O) groups is 2. The molecular formula is C19H19N3O4. The van der Waals surface area contributed by atoms with Crippen LogP contribution in [0.3, 0.4) is 0 Å². The summed E-state index contributed by atoms with van der Waals surface area (Å²) >= 11 is 0. The molecule has 1 fully saturated rings. The van der Waals surface area contributed by atoms with Crippen molar-refractivity contribution in [2.24, 2.45) is 5.92 Å². The van der Waals surface area contributed by atoms with Gasteiger partial charge in [0.05, 0.1) is 16.5 Å². The minimum atomic E-state index is -0.469. The van der Waals surface area contributed by atoms with Crippen LogP contribution in [0.2, 0.25) is 0 Å². The lowest BCUT2D eigenvalue weighted by Crippen LogP contribution is -2.32. The van der Waals surface area contributed by atoms with Gasteiger partial charge >= 0.3 is 0 Å². The van der Waals surface area contributed by atoms with Gasteiger partial charge in [-0.15, -0.1) is 0 Å². The zero-order chi connectivity index (χ0) is 18.7. The van der Waals surface area contributed by atoms with Gasteiger partial charge in [-0.3, -0.25) is 19.7 Å². The minimum Gasteiger partial charge on any atom is -0.352 e. The number of rotatable bonds is 5. The van der Waals surface area contributed by atoms with Gasteiger partial charge in [0.25, 0.3) is 5.69 Å². The lowest BCUT2D eigenvalue weighted by molar-refractivity contribution is -0.385. The molecule has 2 amide bonds. The van der Waals surface area contributed by atoms with Crippen LogP contribution in [0, 0.1) is 23.0 Å². The van der Waals surface area contributed by atoms with Gasteiger partial charge in [-0.2, -0.15) is 0 Å².